The second kappa shape index (κ2) is 7.09. The molecule has 0 aliphatic carbocycles. The Labute approximate surface area is 133 Å². The van der Waals surface area contributed by atoms with Gasteiger partial charge in [-0.2, -0.15) is 11.8 Å². The number of carbonyl (C=O) groups excluding carboxylic acids is 2. The zero-order chi connectivity index (χ0) is 15.4. The number of nitrogens with one attached hydrogen (secondary N) is 2. The van der Waals surface area contributed by atoms with Gasteiger partial charge in [0.2, 0.25) is 0 Å². The van der Waals surface area contributed by atoms with Crippen molar-refractivity contribution in [3.8, 4) is 0 Å². The molecule has 2 unspecified atom stereocenters. The first kappa shape index (κ1) is 15.3. The van der Waals surface area contributed by atoms with Crippen LogP contribution in [0.15, 0.2) is 24.5 Å². The summed E-state index contributed by atoms with van der Waals surface area (Å²) in [5.74, 6) is 0.729. The van der Waals surface area contributed by atoms with Crippen molar-refractivity contribution in [2.45, 2.75) is 49.3 Å². The van der Waals surface area contributed by atoms with E-state index in [1.807, 2.05) is 11.8 Å². The molecule has 0 saturated carbocycles. The molecule has 3 rings (SSSR count). The van der Waals surface area contributed by atoms with E-state index in [2.05, 4.69) is 10.6 Å². The lowest BCUT2D eigenvalue weighted by atomic mass is 10.0. The van der Waals surface area contributed by atoms with Gasteiger partial charge in [-0.05, 0) is 25.0 Å². The van der Waals surface area contributed by atoms with Gasteiger partial charge in [0.05, 0.1) is 18.3 Å². The van der Waals surface area contributed by atoms with Gasteiger partial charge in [-0.3, -0.25) is 4.79 Å². The summed E-state index contributed by atoms with van der Waals surface area (Å²) < 4.78 is 10.3. The van der Waals surface area contributed by atoms with Gasteiger partial charge in [-0.25, -0.2) is 4.79 Å². The van der Waals surface area contributed by atoms with E-state index in [-0.39, 0.29) is 24.1 Å². The van der Waals surface area contributed by atoms with E-state index in [1.54, 1.807) is 18.2 Å². The smallest absolute Gasteiger partial charge is 0.315 e. The van der Waals surface area contributed by atoms with Crippen LogP contribution < -0.4 is 10.6 Å². The summed E-state index contributed by atoms with van der Waals surface area (Å²) in [6.45, 7) is 0. The highest BCUT2D eigenvalue weighted by Crippen LogP contribution is 2.33. The Hall–Kier alpha value is -1.63. The number of hydrogen-bond acceptors (Lipinski definition) is 5. The summed E-state index contributed by atoms with van der Waals surface area (Å²) in [5, 5.41) is 6.35. The molecule has 2 fully saturated rings. The number of unbranched alkanes of at least 4 members (excludes halogenated alkanes) is 1. The van der Waals surface area contributed by atoms with Crippen molar-refractivity contribution in [3.05, 3.63) is 24.5 Å². The van der Waals surface area contributed by atoms with Crippen LogP contribution in [0, 0.1) is 0 Å². The fourth-order valence-corrected chi connectivity index (χ4v) is 4.43. The van der Waals surface area contributed by atoms with E-state index >= 15 is 0 Å². The Morgan fingerprint density at radius 1 is 1.36 bits per heavy atom. The number of fused-ring (bicyclic) bond motifs is 1. The number of amides is 2. The Balaban J connectivity index is 1.30. The second-order valence-electron chi connectivity index (χ2n) is 5.58. The van der Waals surface area contributed by atoms with Crippen molar-refractivity contribution in [3.63, 3.8) is 0 Å². The zero-order valence-electron chi connectivity index (χ0n) is 12.2. The predicted molar refractivity (Wildman–Crippen MR) is 83.2 cm³/mol. The monoisotopic (exact) mass is 324 g/mol. The molecule has 0 aromatic rings. The van der Waals surface area contributed by atoms with E-state index < -0.39 is 6.29 Å². The molecule has 0 radical (unpaired) electrons. The van der Waals surface area contributed by atoms with E-state index in [0.29, 0.717) is 11.7 Å². The third-order valence-electron chi connectivity index (χ3n) is 3.98. The number of allylic oxidation sites excluding steroid dienone is 2. The SMILES string of the molecule is O=C1N[C@H]2CSC(CCCCC(=O)OC3C=CC=CO3)[C@H]2N1. The van der Waals surface area contributed by atoms with E-state index in [4.69, 9.17) is 9.47 Å². The highest BCUT2D eigenvalue weighted by molar-refractivity contribution is 8.00. The summed E-state index contributed by atoms with van der Waals surface area (Å²) in [6.07, 6.45) is 9.29. The molecule has 2 N–H and O–H groups in total. The topological polar surface area (TPSA) is 76.7 Å². The molecule has 2 amide bonds. The summed E-state index contributed by atoms with van der Waals surface area (Å²) in [7, 11) is 0. The molecule has 3 heterocycles. The van der Waals surface area contributed by atoms with Crippen LogP contribution in [-0.4, -0.2) is 41.4 Å². The number of rotatable bonds is 6. The largest absolute Gasteiger partial charge is 0.459 e. The molecule has 120 valence electrons. The zero-order valence-corrected chi connectivity index (χ0v) is 13.0. The van der Waals surface area contributed by atoms with Crippen LogP contribution in [-0.2, 0) is 14.3 Å². The van der Waals surface area contributed by atoms with Gasteiger partial charge in [0, 0.05) is 17.4 Å². The number of thioether (sulfide) groups is 1. The maximum Gasteiger partial charge on any atom is 0.315 e. The lowest BCUT2D eigenvalue weighted by Gasteiger charge is -2.17. The minimum atomic E-state index is -0.594. The molecule has 0 bridgehead atoms. The lowest BCUT2D eigenvalue weighted by molar-refractivity contribution is -0.162. The summed E-state index contributed by atoms with van der Waals surface area (Å²) in [6, 6.07) is 0.436. The normalized spacial score (nSPS) is 32.1. The number of ether oxygens (including phenoxy) is 2. The van der Waals surface area contributed by atoms with Gasteiger partial charge in [-0.1, -0.05) is 12.5 Å². The second-order valence-corrected chi connectivity index (χ2v) is 6.85. The molecule has 0 aromatic carbocycles. The van der Waals surface area contributed by atoms with E-state index in [9.17, 15) is 9.59 Å². The van der Waals surface area contributed by atoms with Crippen LogP contribution >= 0.6 is 11.8 Å². The minimum Gasteiger partial charge on any atom is -0.459 e. The first-order valence-corrected chi connectivity index (χ1v) is 8.64. The standard InChI is InChI=1S/C15H20N2O4S/c18-12(21-13-7-3-4-8-20-13)6-2-1-5-11-14-10(9-22-11)16-15(19)17-14/h3-4,7-8,10-11,13-14H,1-2,5-6,9H2,(H2,16,17,19)/t10-,11?,13?,14-/m0/s1. The van der Waals surface area contributed by atoms with Gasteiger partial charge >= 0.3 is 12.0 Å². The fraction of sp³-hybridized carbons (Fsp3) is 0.600. The van der Waals surface area contributed by atoms with Crippen LogP contribution in [0.3, 0.4) is 0 Å². The van der Waals surface area contributed by atoms with Crippen molar-refractivity contribution in [1.82, 2.24) is 10.6 Å². The Bertz CT molecular complexity index is 494. The van der Waals surface area contributed by atoms with Gasteiger partial charge in [-0.15, -0.1) is 0 Å². The predicted octanol–water partition coefficient (Wildman–Crippen LogP) is 1.68. The van der Waals surface area contributed by atoms with Crippen LogP contribution in [0.4, 0.5) is 4.79 Å². The van der Waals surface area contributed by atoms with Gasteiger partial charge in [0.1, 0.15) is 0 Å². The lowest BCUT2D eigenvalue weighted by Crippen LogP contribution is -2.36. The molecular weight excluding hydrogens is 304 g/mol. The van der Waals surface area contributed by atoms with Gasteiger partial charge < -0.3 is 20.1 Å². The number of carbonyl (C=O) groups is 2. The third-order valence-corrected chi connectivity index (χ3v) is 5.48. The third kappa shape index (κ3) is 3.76. The molecule has 0 aromatic heterocycles. The number of urea groups is 1. The van der Waals surface area contributed by atoms with Crippen molar-refractivity contribution in [2.75, 3.05) is 5.75 Å². The van der Waals surface area contributed by atoms with Crippen LogP contribution in [0.5, 0.6) is 0 Å². The van der Waals surface area contributed by atoms with Crippen LogP contribution in [0.1, 0.15) is 25.7 Å². The Morgan fingerprint density at radius 3 is 3.09 bits per heavy atom. The van der Waals surface area contributed by atoms with Crippen molar-refractivity contribution >= 4 is 23.8 Å². The molecule has 4 atom stereocenters. The van der Waals surface area contributed by atoms with Crippen LogP contribution in [0.2, 0.25) is 0 Å². The maximum atomic E-state index is 11.7. The average molecular weight is 324 g/mol. The molecular formula is C15H20N2O4S. The first-order valence-electron chi connectivity index (χ1n) is 7.59. The molecule has 3 aliphatic rings. The van der Waals surface area contributed by atoms with E-state index in [1.165, 1.54) is 6.26 Å². The van der Waals surface area contributed by atoms with Crippen molar-refractivity contribution < 1.29 is 19.1 Å². The molecule has 3 aliphatic heterocycles. The summed E-state index contributed by atoms with van der Waals surface area (Å²) in [4.78, 5) is 23.0. The van der Waals surface area contributed by atoms with Gasteiger partial charge in [0.15, 0.2) is 0 Å². The van der Waals surface area contributed by atoms with Crippen LogP contribution in [0.25, 0.3) is 0 Å². The maximum absolute atomic E-state index is 11.7. The van der Waals surface area contributed by atoms with Crippen molar-refractivity contribution in [2.24, 2.45) is 0 Å². The Kier molecular flexibility index (Phi) is 4.92. The minimum absolute atomic E-state index is 0.0570. The van der Waals surface area contributed by atoms with Gasteiger partial charge in [0.25, 0.3) is 6.29 Å². The summed E-state index contributed by atoms with van der Waals surface area (Å²) in [5.41, 5.74) is 0. The quantitative estimate of drug-likeness (QED) is 0.442. The molecule has 22 heavy (non-hydrogen) atoms. The highest BCUT2D eigenvalue weighted by atomic mass is 32.2. The number of hydrogen-bond donors (Lipinski definition) is 2. The first-order chi connectivity index (χ1) is 10.7. The average Bonchev–Trinajstić information content (AvgIpc) is 3.04. The van der Waals surface area contributed by atoms with E-state index in [0.717, 1.165) is 25.0 Å². The molecule has 6 nitrogen and oxygen atoms in total. The molecule has 7 heteroatoms. The van der Waals surface area contributed by atoms with Crippen molar-refractivity contribution in [1.29, 1.82) is 0 Å². The molecule has 0 spiro atoms. The summed E-state index contributed by atoms with van der Waals surface area (Å²) >= 11 is 1.89. The Morgan fingerprint density at radius 2 is 2.27 bits per heavy atom. The highest BCUT2D eigenvalue weighted by Gasteiger charge is 2.42. The fourth-order valence-electron chi connectivity index (χ4n) is 2.88. The number of esters is 1. The molecule has 2 saturated heterocycles.